The molecule has 0 fully saturated rings. The maximum Gasteiger partial charge on any atom is 0.251 e. The van der Waals surface area contributed by atoms with Crippen LogP contribution in [0.3, 0.4) is 0 Å². The second kappa shape index (κ2) is 4.26. The maximum atomic E-state index is 13.5. The number of benzene rings is 1. The molecule has 0 saturated carbocycles. The number of nitrogens with zero attached hydrogens (tertiary/aromatic N) is 1. The summed E-state index contributed by atoms with van der Waals surface area (Å²) < 4.78 is 13.5. The highest BCUT2D eigenvalue weighted by Crippen LogP contribution is 2.18. The zero-order chi connectivity index (χ0) is 11.5. The standard InChI is InChI=1S/C12H11FN2O/c1-2-11-14-10(7-12(16)15-11)8-5-3-4-6-9(8)13/h3-7H,2H2,1H3,(H,14,15,16). The second-order valence-corrected chi connectivity index (χ2v) is 3.41. The molecule has 0 unspecified atom stereocenters. The first kappa shape index (κ1) is 10.5. The van der Waals surface area contributed by atoms with Crippen LogP contribution in [0, 0.1) is 5.82 Å². The van der Waals surface area contributed by atoms with Crippen LogP contribution in [0.5, 0.6) is 0 Å². The highest BCUT2D eigenvalue weighted by Gasteiger charge is 2.07. The van der Waals surface area contributed by atoms with Gasteiger partial charge >= 0.3 is 0 Å². The van der Waals surface area contributed by atoms with E-state index in [1.807, 2.05) is 6.92 Å². The van der Waals surface area contributed by atoms with Gasteiger partial charge in [-0.15, -0.1) is 0 Å². The van der Waals surface area contributed by atoms with E-state index < -0.39 is 0 Å². The van der Waals surface area contributed by atoms with Crippen LogP contribution in [0.2, 0.25) is 0 Å². The molecular formula is C12H11FN2O. The summed E-state index contributed by atoms with van der Waals surface area (Å²) in [6.07, 6.45) is 0.609. The summed E-state index contributed by atoms with van der Waals surface area (Å²) in [6, 6.07) is 7.58. The van der Waals surface area contributed by atoms with E-state index in [1.54, 1.807) is 18.2 Å². The van der Waals surface area contributed by atoms with Gasteiger partial charge in [-0.05, 0) is 12.1 Å². The predicted octanol–water partition coefficient (Wildman–Crippen LogP) is 2.14. The predicted molar refractivity (Wildman–Crippen MR) is 59.6 cm³/mol. The normalized spacial score (nSPS) is 10.4. The molecule has 1 N–H and O–H groups in total. The summed E-state index contributed by atoms with van der Waals surface area (Å²) in [7, 11) is 0. The number of halogens is 1. The quantitative estimate of drug-likeness (QED) is 0.839. The minimum Gasteiger partial charge on any atom is -0.311 e. The van der Waals surface area contributed by atoms with Gasteiger partial charge in [0.1, 0.15) is 11.6 Å². The van der Waals surface area contributed by atoms with Crippen LogP contribution >= 0.6 is 0 Å². The molecule has 1 aromatic carbocycles. The van der Waals surface area contributed by atoms with Crippen molar-refractivity contribution in [3.8, 4) is 11.3 Å². The fourth-order valence-electron chi connectivity index (χ4n) is 1.48. The lowest BCUT2D eigenvalue weighted by Gasteiger charge is -2.03. The van der Waals surface area contributed by atoms with Crippen LogP contribution in [0.4, 0.5) is 4.39 Å². The topological polar surface area (TPSA) is 45.8 Å². The highest BCUT2D eigenvalue weighted by atomic mass is 19.1. The fourth-order valence-corrected chi connectivity index (χ4v) is 1.48. The molecule has 0 radical (unpaired) electrons. The third kappa shape index (κ3) is 2.00. The van der Waals surface area contributed by atoms with E-state index in [9.17, 15) is 9.18 Å². The van der Waals surface area contributed by atoms with Gasteiger partial charge in [0.2, 0.25) is 0 Å². The van der Waals surface area contributed by atoms with Gasteiger partial charge in [-0.3, -0.25) is 4.79 Å². The highest BCUT2D eigenvalue weighted by molar-refractivity contribution is 5.59. The summed E-state index contributed by atoms with van der Waals surface area (Å²) >= 11 is 0. The van der Waals surface area contributed by atoms with Crippen molar-refractivity contribution in [2.45, 2.75) is 13.3 Å². The van der Waals surface area contributed by atoms with Crippen molar-refractivity contribution < 1.29 is 4.39 Å². The molecule has 0 spiro atoms. The Morgan fingerprint density at radius 3 is 2.81 bits per heavy atom. The van der Waals surface area contributed by atoms with Crippen LogP contribution in [0.15, 0.2) is 35.1 Å². The number of hydrogen-bond donors (Lipinski definition) is 1. The zero-order valence-electron chi connectivity index (χ0n) is 8.83. The van der Waals surface area contributed by atoms with Gasteiger partial charge < -0.3 is 4.98 Å². The Kier molecular flexibility index (Phi) is 2.81. The lowest BCUT2D eigenvalue weighted by Crippen LogP contribution is -2.10. The molecule has 82 valence electrons. The Morgan fingerprint density at radius 2 is 2.12 bits per heavy atom. The van der Waals surface area contributed by atoms with E-state index >= 15 is 0 Å². The molecule has 2 rings (SSSR count). The summed E-state index contributed by atoms with van der Waals surface area (Å²) in [4.78, 5) is 18.1. The molecule has 2 aromatic rings. The Morgan fingerprint density at radius 1 is 1.38 bits per heavy atom. The van der Waals surface area contributed by atoms with Gasteiger partial charge in [0.05, 0.1) is 5.69 Å². The summed E-state index contributed by atoms with van der Waals surface area (Å²) in [6.45, 7) is 1.88. The van der Waals surface area contributed by atoms with Gasteiger partial charge in [-0.25, -0.2) is 9.37 Å². The zero-order valence-corrected chi connectivity index (χ0v) is 8.83. The van der Waals surface area contributed by atoms with Crippen LogP contribution in [0.25, 0.3) is 11.3 Å². The van der Waals surface area contributed by atoms with E-state index in [2.05, 4.69) is 9.97 Å². The van der Waals surface area contributed by atoms with Crippen LogP contribution in [-0.4, -0.2) is 9.97 Å². The number of nitrogens with one attached hydrogen (secondary N) is 1. The molecule has 4 heteroatoms. The molecule has 0 atom stereocenters. The lowest BCUT2D eigenvalue weighted by atomic mass is 10.1. The second-order valence-electron chi connectivity index (χ2n) is 3.41. The Hall–Kier alpha value is -1.97. The van der Waals surface area contributed by atoms with Crippen molar-refractivity contribution in [3.05, 3.63) is 52.3 Å². The monoisotopic (exact) mass is 218 g/mol. The van der Waals surface area contributed by atoms with E-state index in [4.69, 9.17) is 0 Å². The Bertz CT molecular complexity index is 563. The Balaban J connectivity index is 2.60. The van der Waals surface area contributed by atoms with Gasteiger partial charge in [-0.2, -0.15) is 0 Å². The van der Waals surface area contributed by atoms with Crippen molar-refractivity contribution in [1.82, 2.24) is 9.97 Å². The van der Waals surface area contributed by atoms with Crippen molar-refractivity contribution in [2.24, 2.45) is 0 Å². The van der Waals surface area contributed by atoms with Crippen LogP contribution < -0.4 is 5.56 Å². The third-order valence-corrected chi connectivity index (χ3v) is 2.28. The number of aryl methyl sites for hydroxylation is 1. The SMILES string of the molecule is CCc1nc(-c2ccccc2F)cc(=O)[nH]1. The summed E-state index contributed by atoms with van der Waals surface area (Å²) in [5.74, 6) is 0.188. The molecule has 1 heterocycles. The molecule has 0 amide bonds. The van der Waals surface area contributed by atoms with E-state index in [-0.39, 0.29) is 11.4 Å². The minimum absolute atomic E-state index is 0.259. The first-order valence-electron chi connectivity index (χ1n) is 5.06. The number of H-pyrrole nitrogens is 1. The van der Waals surface area contributed by atoms with E-state index in [1.165, 1.54) is 12.1 Å². The molecule has 3 nitrogen and oxygen atoms in total. The number of aromatic nitrogens is 2. The molecule has 0 bridgehead atoms. The third-order valence-electron chi connectivity index (χ3n) is 2.28. The van der Waals surface area contributed by atoms with Gasteiger partial charge in [0.15, 0.2) is 0 Å². The largest absolute Gasteiger partial charge is 0.311 e. The molecule has 0 aliphatic rings. The first-order chi connectivity index (χ1) is 7.70. The average Bonchev–Trinajstić information content (AvgIpc) is 2.28. The van der Waals surface area contributed by atoms with Crippen molar-refractivity contribution in [3.63, 3.8) is 0 Å². The first-order valence-corrected chi connectivity index (χ1v) is 5.06. The molecule has 0 aliphatic heterocycles. The maximum absolute atomic E-state index is 13.5. The number of hydrogen-bond acceptors (Lipinski definition) is 2. The number of aromatic amines is 1. The fraction of sp³-hybridized carbons (Fsp3) is 0.167. The smallest absolute Gasteiger partial charge is 0.251 e. The van der Waals surface area contributed by atoms with E-state index in [0.29, 0.717) is 23.5 Å². The number of rotatable bonds is 2. The van der Waals surface area contributed by atoms with Crippen molar-refractivity contribution >= 4 is 0 Å². The van der Waals surface area contributed by atoms with Crippen molar-refractivity contribution in [1.29, 1.82) is 0 Å². The molecule has 0 aliphatic carbocycles. The Labute approximate surface area is 92.0 Å². The summed E-state index contributed by atoms with van der Waals surface area (Å²) in [5, 5.41) is 0. The molecule has 0 saturated heterocycles. The average molecular weight is 218 g/mol. The molecular weight excluding hydrogens is 207 g/mol. The van der Waals surface area contributed by atoms with Crippen LogP contribution in [0.1, 0.15) is 12.7 Å². The van der Waals surface area contributed by atoms with Gasteiger partial charge in [0.25, 0.3) is 5.56 Å². The summed E-state index contributed by atoms with van der Waals surface area (Å²) in [5.41, 5.74) is 0.465. The lowest BCUT2D eigenvalue weighted by molar-refractivity contribution is 0.630. The molecule has 1 aromatic heterocycles. The van der Waals surface area contributed by atoms with Crippen molar-refractivity contribution in [2.75, 3.05) is 0 Å². The van der Waals surface area contributed by atoms with Gasteiger partial charge in [-0.1, -0.05) is 19.1 Å². The minimum atomic E-state index is -0.373. The van der Waals surface area contributed by atoms with Crippen LogP contribution in [-0.2, 0) is 6.42 Å². The molecule has 16 heavy (non-hydrogen) atoms. The van der Waals surface area contributed by atoms with Gasteiger partial charge in [0, 0.05) is 18.1 Å². The van der Waals surface area contributed by atoms with E-state index in [0.717, 1.165) is 0 Å².